The van der Waals surface area contributed by atoms with Gasteiger partial charge in [0, 0.05) is 22.0 Å². The lowest BCUT2D eigenvalue weighted by Gasteiger charge is -2.14. The van der Waals surface area contributed by atoms with Gasteiger partial charge in [-0.3, -0.25) is 4.79 Å². The molecule has 0 saturated carbocycles. The van der Waals surface area contributed by atoms with Crippen LogP contribution in [0.25, 0.3) is 11.4 Å². The van der Waals surface area contributed by atoms with E-state index < -0.39 is 0 Å². The smallest absolute Gasteiger partial charge is 0.291 e. The fourth-order valence-electron chi connectivity index (χ4n) is 3.05. The van der Waals surface area contributed by atoms with Crippen LogP contribution in [0.15, 0.2) is 75.5 Å². The van der Waals surface area contributed by atoms with E-state index in [1.165, 1.54) is 18.0 Å². The highest BCUT2D eigenvalue weighted by Gasteiger charge is 2.22. The number of hydrogen-bond donors (Lipinski definition) is 1. The number of fused-ring (bicyclic) bond motifs is 1. The maximum absolute atomic E-state index is 12.1. The monoisotopic (exact) mass is 469 g/mol. The Hall–Kier alpha value is -3.07. The van der Waals surface area contributed by atoms with Crippen molar-refractivity contribution < 1.29 is 9.21 Å². The Morgan fingerprint density at radius 2 is 1.94 bits per heavy atom. The van der Waals surface area contributed by atoms with Crippen LogP contribution in [0.4, 0.5) is 5.69 Å². The van der Waals surface area contributed by atoms with E-state index in [2.05, 4.69) is 15.5 Å². The van der Waals surface area contributed by atoms with Crippen LogP contribution in [-0.2, 0) is 0 Å². The standard InChI is InChI=1S/C21H13Cl2N5O2S/c22-13-5-8-15(16(23)10-13)19-25-26-21-28(19)27-17(11-31-21)12-3-6-14(7-4-12)24-20(29)18-2-1-9-30-18/h1-10H,11H2,(H,24,29). The van der Waals surface area contributed by atoms with Gasteiger partial charge in [0.15, 0.2) is 11.6 Å². The predicted molar refractivity (Wildman–Crippen MR) is 121 cm³/mol. The normalized spacial score (nSPS) is 12.9. The summed E-state index contributed by atoms with van der Waals surface area (Å²) in [6, 6.07) is 15.9. The van der Waals surface area contributed by atoms with Crippen molar-refractivity contribution >= 4 is 52.3 Å². The van der Waals surface area contributed by atoms with E-state index >= 15 is 0 Å². The summed E-state index contributed by atoms with van der Waals surface area (Å²) in [4.78, 5) is 12.1. The number of benzene rings is 2. The third-order valence-corrected chi connectivity index (χ3v) is 6.04. The van der Waals surface area contributed by atoms with E-state index in [4.69, 9.17) is 32.7 Å². The third kappa shape index (κ3) is 3.97. The molecular formula is C21H13Cl2N5O2S. The Kier molecular flexibility index (Phi) is 5.27. The first kappa shape index (κ1) is 19.9. The maximum Gasteiger partial charge on any atom is 0.291 e. The third-order valence-electron chi connectivity index (χ3n) is 4.56. The zero-order chi connectivity index (χ0) is 21.4. The average molecular weight is 470 g/mol. The fourth-order valence-corrected chi connectivity index (χ4v) is 4.39. The minimum absolute atomic E-state index is 0.255. The first-order chi connectivity index (χ1) is 15.1. The number of nitrogens with one attached hydrogen (secondary N) is 1. The molecule has 154 valence electrons. The number of amides is 1. The lowest BCUT2D eigenvalue weighted by molar-refractivity contribution is 0.0996. The van der Waals surface area contributed by atoms with Gasteiger partial charge in [0.05, 0.1) is 17.0 Å². The summed E-state index contributed by atoms with van der Waals surface area (Å²) in [6.07, 6.45) is 1.46. The number of aromatic nitrogens is 3. The van der Waals surface area contributed by atoms with Crippen molar-refractivity contribution in [1.82, 2.24) is 14.9 Å². The molecule has 1 aliphatic heterocycles. The second-order valence-corrected chi connectivity index (χ2v) is 8.37. The average Bonchev–Trinajstić information content (AvgIpc) is 3.44. The Bertz CT molecular complexity index is 1300. The van der Waals surface area contributed by atoms with E-state index in [1.807, 2.05) is 24.3 Å². The minimum Gasteiger partial charge on any atom is -0.459 e. The van der Waals surface area contributed by atoms with Crippen molar-refractivity contribution in [3.05, 3.63) is 82.2 Å². The molecule has 5 rings (SSSR count). The molecule has 0 bridgehead atoms. The summed E-state index contributed by atoms with van der Waals surface area (Å²) in [5.74, 6) is 1.14. The van der Waals surface area contributed by atoms with Crippen molar-refractivity contribution in [3.8, 4) is 11.4 Å². The van der Waals surface area contributed by atoms with Gasteiger partial charge in [-0.05, 0) is 48.0 Å². The zero-order valence-corrected chi connectivity index (χ0v) is 18.1. The number of hydrogen-bond acceptors (Lipinski definition) is 6. The van der Waals surface area contributed by atoms with Crippen molar-refractivity contribution in [2.75, 3.05) is 11.1 Å². The van der Waals surface area contributed by atoms with Crippen molar-refractivity contribution in [1.29, 1.82) is 0 Å². The Morgan fingerprint density at radius 3 is 2.68 bits per heavy atom. The fraction of sp³-hybridized carbons (Fsp3) is 0.0476. The number of carbonyl (C=O) groups excluding carboxylic acids is 1. The molecule has 4 aromatic rings. The molecule has 0 unspecified atom stereocenters. The molecular weight excluding hydrogens is 457 g/mol. The van der Waals surface area contributed by atoms with Crippen molar-refractivity contribution in [3.63, 3.8) is 0 Å². The van der Waals surface area contributed by atoms with Crippen LogP contribution in [0.3, 0.4) is 0 Å². The largest absolute Gasteiger partial charge is 0.459 e. The molecule has 0 spiro atoms. The lowest BCUT2D eigenvalue weighted by Crippen LogP contribution is -2.14. The highest BCUT2D eigenvalue weighted by Crippen LogP contribution is 2.33. The van der Waals surface area contributed by atoms with E-state index in [0.717, 1.165) is 11.3 Å². The van der Waals surface area contributed by atoms with E-state index in [-0.39, 0.29) is 11.7 Å². The molecule has 1 aliphatic rings. The molecule has 10 heteroatoms. The summed E-state index contributed by atoms with van der Waals surface area (Å²) in [6.45, 7) is 0. The number of anilines is 1. The highest BCUT2D eigenvalue weighted by molar-refractivity contribution is 7.99. The van der Waals surface area contributed by atoms with Gasteiger partial charge < -0.3 is 9.73 Å². The van der Waals surface area contributed by atoms with Gasteiger partial charge in [-0.2, -0.15) is 9.78 Å². The van der Waals surface area contributed by atoms with E-state index in [0.29, 0.717) is 38.0 Å². The Labute approximate surface area is 191 Å². The topological polar surface area (TPSA) is 85.3 Å². The summed E-state index contributed by atoms with van der Waals surface area (Å²) >= 11 is 13.9. The van der Waals surface area contributed by atoms with Crippen LogP contribution in [0.5, 0.6) is 0 Å². The first-order valence-electron chi connectivity index (χ1n) is 9.15. The molecule has 0 aliphatic carbocycles. The van der Waals surface area contributed by atoms with Gasteiger partial charge in [-0.15, -0.1) is 10.2 Å². The van der Waals surface area contributed by atoms with Crippen molar-refractivity contribution in [2.24, 2.45) is 5.10 Å². The van der Waals surface area contributed by atoms with E-state index in [1.54, 1.807) is 35.0 Å². The van der Waals surface area contributed by atoms with Crippen LogP contribution in [-0.4, -0.2) is 32.2 Å². The molecule has 1 N–H and O–H groups in total. The summed E-state index contributed by atoms with van der Waals surface area (Å²) in [7, 11) is 0. The van der Waals surface area contributed by atoms with Crippen LogP contribution in [0.1, 0.15) is 16.1 Å². The van der Waals surface area contributed by atoms with Gasteiger partial charge in [0.25, 0.3) is 5.91 Å². The zero-order valence-electron chi connectivity index (χ0n) is 15.8. The molecule has 2 aromatic carbocycles. The second-order valence-electron chi connectivity index (χ2n) is 6.59. The Balaban J connectivity index is 1.41. The maximum atomic E-state index is 12.1. The summed E-state index contributed by atoms with van der Waals surface area (Å²) < 4.78 is 6.80. The van der Waals surface area contributed by atoms with Gasteiger partial charge >= 0.3 is 0 Å². The minimum atomic E-state index is -0.304. The molecule has 3 heterocycles. The molecule has 1 amide bonds. The van der Waals surface area contributed by atoms with Crippen LogP contribution >= 0.6 is 35.0 Å². The van der Waals surface area contributed by atoms with Gasteiger partial charge in [-0.25, -0.2) is 0 Å². The molecule has 0 saturated heterocycles. The SMILES string of the molecule is O=C(Nc1ccc(C2=Nn3c(nnc3-c3ccc(Cl)cc3Cl)SC2)cc1)c1ccco1. The molecule has 0 fully saturated rings. The molecule has 0 atom stereocenters. The highest BCUT2D eigenvalue weighted by atomic mass is 35.5. The van der Waals surface area contributed by atoms with Gasteiger partial charge in [-0.1, -0.05) is 47.1 Å². The number of rotatable bonds is 4. The second kappa shape index (κ2) is 8.22. The molecule has 2 aromatic heterocycles. The number of furan rings is 1. The number of halogens is 2. The van der Waals surface area contributed by atoms with Crippen LogP contribution in [0, 0.1) is 0 Å². The number of carbonyl (C=O) groups is 1. The molecule has 31 heavy (non-hydrogen) atoms. The summed E-state index contributed by atoms with van der Waals surface area (Å²) in [5.41, 5.74) is 3.14. The number of thioether (sulfide) groups is 1. The van der Waals surface area contributed by atoms with Crippen molar-refractivity contribution in [2.45, 2.75) is 5.16 Å². The van der Waals surface area contributed by atoms with Gasteiger partial charge in [0.2, 0.25) is 5.16 Å². The predicted octanol–water partition coefficient (Wildman–Crippen LogP) is 5.46. The number of nitrogens with zero attached hydrogens (tertiary/aromatic N) is 4. The van der Waals surface area contributed by atoms with E-state index in [9.17, 15) is 4.79 Å². The Morgan fingerprint density at radius 1 is 1.10 bits per heavy atom. The summed E-state index contributed by atoms with van der Waals surface area (Å²) in [5, 5.41) is 17.7. The molecule has 0 radical (unpaired) electrons. The van der Waals surface area contributed by atoms with Crippen LogP contribution < -0.4 is 5.32 Å². The first-order valence-corrected chi connectivity index (χ1v) is 10.9. The van der Waals surface area contributed by atoms with Gasteiger partial charge in [0.1, 0.15) is 0 Å². The molecule has 7 nitrogen and oxygen atoms in total. The lowest BCUT2D eigenvalue weighted by atomic mass is 10.1. The quantitative estimate of drug-likeness (QED) is 0.429. The van der Waals surface area contributed by atoms with Crippen LogP contribution in [0.2, 0.25) is 10.0 Å².